The van der Waals surface area contributed by atoms with Crippen molar-refractivity contribution in [3.8, 4) is 0 Å². The average Bonchev–Trinajstić information content (AvgIpc) is 2.70. The second-order valence-electron chi connectivity index (χ2n) is 9.44. The molecule has 1 heteroatoms. The molecule has 168 valence electrons. The lowest BCUT2D eigenvalue weighted by atomic mass is 9.88. The highest BCUT2D eigenvalue weighted by molar-refractivity contribution is 5.82. The summed E-state index contributed by atoms with van der Waals surface area (Å²) in [5.74, 6) is 1.08. The number of carbonyl (C=O) groups is 1. The van der Waals surface area contributed by atoms with Crippen molar-refractivity contribution in [2.24, 2.45) is 11.8 Å². The SMILES string of the molecule is CCCCCCCCCCCC(C)C(=O)C(C)CCCCCCCCCCC. The molecule has 0 spiro atoms. The Balaban J connectivity index is 3.51. The maximum absolute atomic E-state index is 12.6. The van der Waals surface area contributed by atoms with Gasteiger partial charge in [-0.2, -0.15) is 0 Å². The molecule has 0 saturated heterocycles. The molecule has 0 N–H and O–H groups in total. The predicted molar refractivity (Wildman–Crippen MR) is 127 cm³/mol. The van der Waals surface area contributed by atoms with Gasteiger partial charge in [-0.25, -0.2) is 0 Å². The number of hydrogen-bond donors (Lipinski definition) is 0. The van der Waals surface area contributed by atoms with E-state index in [0.29, 0.717) is 5.78 Å². The van der Waals surface area contributed by atoms with Gasteiger partial charge in [0.05, 0.1) is 0 Å². The van der Waals surface area contributed by atoms with Crippen molar-refractivity contribution >= 4 is 5.78 Å². The van der Waals surface area contributed by atoms with E-state index in [1.807, 2.05) is 0 Å². The fraction of sp³-hybridized carbons (Fsp3) is 0.963. The van der Waals surface area contributed by atoms with E-state index in [9.17, 15) is 4.79 Å². The van der Waals surface area contributed by atoms with Crippen LogP contribution in [-0.4, -0.2) is 5.78 Å². The molecular weight excluding hydrogens is 340 g/mol. The summed E-state index contributed by atoms with van der Waals surface area (Å²) in [6.07, 6.45) is 26.8. The topological polar surface area (TPSA) is 17.1 Å². The van der Waals surface area contributed by atoms with Crippen LogP contribution in [0.4, 0.5) is 0 Å². The van der Waals surface area contributed by atoms with E-state index in [1.54, 1.807) is 0 Å². The summed E-state index contributed by atoms with van der Waals surface area (Å²) in [4.78, 5) is 12.6. The van der Waals surface area contributed by atoms with Gasteiger partial charge in [-0.05, 0) is 12.8 Å². The van der Waals surface area contributed by atoms with Crippen LogP contribution >= 0.6 is 0 Å². The largest absolute Gasteiger partial charge is 0.299 e. The minimum atomic E-state index is 0.276. The third-order valence-electron chi connectivity index (χ3n) is 6.45. The zero-order valence-electron chi connectivity index (χ0n) is 20.2. The molecule has 28 heavy (non-hydrogen) atoms. The Morgan fingerprint density at radius 2 is 0.714 bits per heavy atom. The van der Waals surface area contributed by atoms with E-state index in [4.69, 9.17) is 0 Å². The van der Waals surface area contributed by atoms with Crippen molar-refractivity contribution in [2.75, 3.05) is 0 Å². The van der Waals surface area contributed by atoms with Gasteiger partial charge >= 0.3 is 0 Å². The smallest absolute Gasteiger partial charge is 0.138 e. The highest BCUT2D eigenvalue weighted by Gasteiger charge is 2.19. The quantitative estimate of drug-likeness (QED) is 0.167. The first-order chi connectivity index (χ1) is 13.6. The van der Waals surface area contributed by atoms with Crippen LogP contribution in [0.1, 0.15) is 156 Å². The van der Waals surface area contributed by atoms with Crippen molar-refractivity contribution in [1.29, 1.82) is 0 Å². The zero-order chi connectivity index (χ0) is 20.9. The first-order valence-corrected chi connectivity index (χ1v) is 13.2. The minimum absolute atomic E-state index is 0.276. The Kier molecular flexibility index (Phi) is 21.1. The normalized spacial score (nSPS) is 13.6. The second kappa shape index (κ2) is 21.4. The molecule has 0 fully saturated rings. The number of ketones is 1. The number of unbranched alkanes of at least 4 members (excludes halogenated alkanes) is 16. The summed E-state index contributed by atoms with van der Waals surface area (Å²) >= 11 is 0. The van der Waals surface area contributed by atoms with Crippen LogP contribution in [0.15, 0.2) is 0 Å². The zero-order valence-corrected chi connectivity index (χ0v) is 20.2. The highest BCUT2D eigenvalue weighted by Crippen LogP contribution is 2.20. The van der Waals surface area contributed by atoms with Crippen molar-refractivity contribution in [1.82, 2.24) is 0 Å². The van der Waals surface area contributed by atoms with Crippen molar-refractivity contribution in [2.45, 2.75) is 156 Å². The van der Waals surface area contributed by atoms with E-state index in [-0.39, 0.29) is 11.8 Å². The van der Waals surface area contributed by atoms with Crippen LogP contribution in [0.3, 0.4) is 0 Å². The molecule has 0 aromatic rings. The molecule has 0 radical (unpaired) electrons. The number of Topliss-reactive ketones (excluding diaryl/α,β-unsaturated/α-hetero) is 1. The van der Waals surface area contributed by atoms with Crippen LogP contribution in [0.5, 0.6) is 0 Å². The molecule has 1 nitrogen and oxygen atoms in total. The van der Waals surface area contributed by atoms with Gasteiger partial charge in [0.2, 0.25) is 0 Å². The first kappa shape index (κ1) is 27.7. The molecular formula is C27H54O. The molecule has 0 saturated carbocycles. The molecule has 0 aliphatic heterocycles. The van der Waals surface area contributed by atoms with Gasteiger partial charge in [0.1, 0.15) is 5.78 Å². The van der Waals surface area contributed by atoms with Gasteiger partial charge in [0.25, 0.3) is 0 Å². The predicted octanol–water partition coefficient (Wildman–Crippen LogP) is 9.67. The number of hydrogen-bond acceptors (Lipinski definition) is 1. The molecule has 0 amide bonds. The van der Waals surface area contributed by atoms with E-state index >= 15 is 0 Å². The first-order valence-electron chi connectivity index (χ1n) is 13.2. The third kappa shape index (κ3) is 17.7. The van der Waals surface area contributed by atoms with Gasteiger partial charge < -0.3 is 0 Å². The second-order valence-corrected chi connectivity index (χ2v) is 9.44. The number of rotatable bonds is 22. The van der Waals surface area contributed by atoms with E-state index < -0.39 is 0 Å². The van der Waals surface area contributed by atoms with Crippen LogP contribution in [0.25, 0.3) is 0 Å². The maximum atomic E-state index is 12.6. The molecule has 0 aromatic carbocycles. The van der Waals surface area contributed by atoms with Gasteiger partial charge in [-0.1, -0.05) is 143 Å². The molecule has 0 heterocycles. The fourth-order valence-corrected chi connectivity index (χ4v) is 4.29. The molecule has 0 rings (SSSR count). The Hall–Kier alpha value is -0.330. The van der Waals surface area contributed by atoms with Crippen molar-refractivity contribution < 1.29 is 4.79 Å². The van der Waals surface area contributed by atoms with Gasteiger partial charge in [-0.15, -0.1) is 0 Å². The van der Waals surface area contributed by atoms with Gasteiger partial charge in [-0.3, -0.25) is 4.79 Å². The van der Waals surface area contributed by atoms with Crippen LogP contribution in [0, 0.1) is 11.8 Å². The third-order valence-corrected chi connectivity index (χ3v) is 6.45. The van der Waals surface area contributed by atoms with Gasteiger partial charge in [0.15, 0.2) is 0 Å². The lowest BCUT2D eigenvalue weighted by Crippen LogP contribution is -2.19. The number of carbonyl (C=O) groups excluding carboxylic acids is 1. The van der Waals surface area contributed by atoms with Crippen molar-refractivity contribution in [3.63, 3.8) is 0 Å². The Morgan fingerprint density at radius 1 is 0.464 bits per heavy atom. The standard InChI is InChI=1S/C27H54O/c1-5-7-9-11-13-15-17-19-21-23-25(3)27(28)26(4)24-22-20-18-16-14-12-10-8-6-2/h25-26H,5-24H2,1-4H3. The Labute approximate surface area is 178 Å². The summed E-state index contributed by atoms with van der Waals surface area (Å²) in [6, 6.07) is 0. The summed E-state index contributed by atoms with van der Waals surface area (Å²) in [5, 5.41) is 0. The molecule has 0 aliphatic carbocycles. The van der Waals surface area contributed by atoms with E-state index in [0.717, 1.165) is 12.8 Å². The summed E-state index contributed by atoms with van der Waals surface area (Å²) in [5.41, 5.74) is 0. The molecule has 0 bridgehead atoms. The Morgan fingerprint density at radius 3 is 1.00 bits per heavy atom. The fourth-order valence-electron chi connectivity index (χ4n) is 4.29. The van der Waals surface area contributed by atoms with E-state index in [1.165, 1.54) is 116 Å². The van der Waals surface area contributed by atoms with Crippen molar-refractivity contribution in [3.05, 3.63) is 0 Å². The van der Waals surface area contributed by atoms with Crippen LogP contribution < -0.4 is 0 Å². The molecule has 2 unspecified atom stereocenters. The maximum Gasteiger partial charge on any atom is 0.138 e. The lowest BCUT2D eigenvalue weighted by molar-refractivity contribution is -0.126. The van der Waals surface area contributed by atoms with Crippen LogP contribution in [0.2, 0.25) is 0 Å². The molecule has 0 aromatic heterocycles. The molecule has 0 aliphatic rings. The molecule has 2 atom stereocenters. The minimum Gasteiger partial charge on any atom is -0.299 e. The van der Waals surface area contributed by atoms with Crippen LogP contribution in [-0.2, 0) is 4.79 Å². The highest BCUT2D eigenvalue weighted by atomic mass is 16.1. The monoisotopic (exact) mass is 394 g/mol. The summed E-state index contributed by atoms with van der Waals surface area (Å²) in [7, 11) is 0. The van der Waals surface area contributed by atoms with E-state index in [2.05, 4.69) is 27.7 Å². The average molecular weight is 395 g/mol. The summed E-state index contributed by atoms with van der Waals surface area (Å²) in [6.45, 7) is 8.89. The Bertz CT molecular complexity index is 292. The lowest BCUT2D eigenvalue weighted by Gasteiger charge is -2.16. The van der Waals surface area contributed by atoms with Gasteiger partial charge in [0, 0.05) is 11.8 Å². The summed E-state index contributed by atoms with van der Waals surface area (Å²) < 4.78 is 0.